The molecule has 0 radical (unpaired) electrons. The molecule has 3 aromatic rings. The molecule has 6 nitrogen and oxygen atoms in total. The van der Waals surface area contributed by atoms with Gasteiger partial charge in [-0.05, 0) is 61.6 Å². The zero-order valence-electron chi connectivity index (χ0n) is 21.9. The van der Waals surface area contributed by atoms with Crippen molar-refractivity contribution in [1.29, 1.82) is 0 Å². The first kappa shape index (κ1) is 25.7. The van der Waals surface area contributed by atoms with Crippen LogP contribution in [0.5, 0.6) is 11.5 Å². The lowest BCUT2D eigenvalue weighted by Crippen LogP contribution is -2.31. The van der Waals surface area contributed by atoms with Crippen molar-refractivity contribution in [3.8, 4) is 33.9 Å². The molecule has 0 unspecified atom stereocenters. The lowest BCUT2D eigenvalue weighted by molar-refractivity contribution is 0.0528. The van der Waals surface area contributed by atoms with Crippen molar-refractivity contribution in [3.05, 3.63) is 58.2 Å². The van der Waals surface area contributed by atoms with E-state index in [1.54, 1.807) is 14.2 Å². The van der Waals surface area contributed by atoms with E-state index in [1.807, 2.05) is 43.3 Å². The second-order valence-electron chi connectivity index (χ2n) is 9.76. The lowest BCUT2D eigenvalue weighted by atomic mass is 9.93. The number of aromatic nitrogens is 1. The maximum absolute atomic E-state index is 13.7. The Morgan fingerprint density at radius 3 is 2.54 bits per heavy atom. The highest BCUT2D eigenvalue weighted by Gasteiger charge is 2.34. The van der Waals surface area contributed by atoms with Gasteiger partial charge in [-0.3, -0.25) is 0 Å². The second kappa shape index (κ2) is 11.2. The molecule has 1 N–H and O–H groups in total. The molecule has 1 saturated carbocycles. The number of nitrogens with zero attached hydrogens (tertiary/aromatic N) is 1. The van der Waals surface area contributed by atoms with Gasteiger partial charge in [-0.1, -0.05) is 43.0 Å². The summed E-state index contributed by atoms with van der Waals surface area (Å²) in [6.07, 6.45) is 7.02. The molecule has 0 amide bonds. The van der Waals surface area contributed by atoms with Crippen molar-refractivity contribution in [2.75, 3.05) is 20.8 Å². The van der Waals surface area contributed by atoms with Gasteiger partial charge in [0.15, 0.2) is 11.5 Å². The number of rotatable bonds is 8. The Morgan fingerprint density at radius 1 is 1.08 bits per heavy atom. The van der Waals surface area contributed by atoms with Crippen molar-refractivity contribution < 1.29 is 19.0 Å². The van der Waals surface area contributed by atoms with E-state index in [0.29, 0.717) is 41.3 Å². The Morgan fingerprint density at radius 2 is 1.84 bits per heavy atom. The molecular weight excluding hydrogens is 488 g/mol. The maximum atomic E-state index is 13.7. The molecular formula is C30H35ClN2O4. The van der Waals surface area contributed by atoms with Crippen LogP contribution < -0.4 is 14.8 Å². The molecule has 1 aliphatic heterocycles. The number of methoxy groups -OCH3 is 2. The van der Waals surface area contributed by atoms with Gasteiger partial charge in [-0.25, -0.2) is 4.79 Å². The summed E-state index contributed by atoms with van der Waals surface area (Å²) < 4.78 is 19.2. The van der Waals surface area contributed by atoms with E-state index in [9.17, 15) is 4.79 Å². The largest absolute Gasteiger partial charge is 0.493 e. The predicted molar refractivity (Wildman–Crippen MR) is 147 cm³/mol. The van der Waals surface area contributed by atoms with Crippen molar-refractivity contribution in [1.82, 2.24) is 9.88 Å². The van der Waals surface area contributed by atoms with Crippen molar-refractivity contribution >= 4 is 17.6 Å². The number of ether oxygens (including phenoxy) is 3. The SMILES string of the molecule is CCOC(=O)c1c(-c2cccc(Cl)c2)c(CNC2CCCCC2)n2c1-c1cc(OC)c(OC)cc1CC2. The molecule has 37 heavy (non-hydrogen) atoms. The molecule has 1 aromatic heterocycles. The summed E-state index contributed by atoms with van der Waals surface area (Å²) in [5.74, 6) is 0.998. The van der Waals surface area contributed by atoms with E-state index in [0.717, 1.165) is 46.6 Å². The molecule has 0 atom stereocenters. The molecule has 0 spiro atoms. The van der Waals surface area contributed by atoms with Crippen LogP contribution in [0.1, 0.15) is 60.6 Å². The second-order valence-corrected chi connectivity index (χ2v) is 10.2. The molecule has 2 heterocycles. The molecule has 5 rings (SSSR count). The van der Waals surface area contributed by atoms with E-state index >= 15 is 0 Å². The smallest absolute Gasteiger partial charge is 0.340 e. The lowest BCUT2D eigenvalue weighted by Gasteiger charge is -2.26. The molecule has 1 aliphatic carbocycles. The zero-order chi connectivity index (χ0) is 25.9. The van der Waals surface area contributed by atoms with Gasteiger partial charge in [-0.2, -0.15) is 0 Å². The summed E-state index contributed by atoms with van der Waals surface area (Å²) in [6.45, 7) is 3.56. The van der Waals surface area contributed by atoms with Gasteiger partial charge >= 0.3 is 5.97 Å². The average Bonchev–Trinajstić information content (AvgIpc) is 3.26. The summed E-state index contributed by atoms with van der Waals surface area (Å²) in [5, 5.41) is 4.44. The molecule has 1 fully saturated rings. The van der Waals surface area contributed by atoms with Crippen LogP contribution in [0.15, 0.2) is 36.4 Å². The highest BCUT2D eigenvalue weighted by Crippen LogP contribution is 2.46. The molecule has 2 aromatic carbocycles. The van der Waals surface area contributed by atoms with Crippen LogP contribution in [-0.4, -0.2) is 37.4 Å². The topological polar surface area (TPSA) is 61.7 Å². The van der Waals surface area contributed by atoms with Crippen LogP contribution in [0.25, 0.3) is 22.4 Å². The molecule has 0 bridgehead atoms. The number of benzene rings is 2. The number of carbonyl (C=O) groups excluding carboxylic acids is 1. The molecule has 0 saturated heterocycles. The van der Waals surface area contributed by atoms with Gasteiger partial charge in [0.2, 0.25) is 0 Å². The summed E-state index contributed by atoms with van der Waals surface area (Å²) in [7, 11) is 3.28. The average molecular weight is 523 g/mol. The number of halogens is 1. The predicted octanol–water partition coefficient (Wildman–Crippen LogP) is 6.65. The van der Waals surface area contributed by atoms with Gasteiger partial charge < -0.3 is 24.1 Å². The summed E-state index contributed by atoms with van der Waals surface area (Å²) in [5.41, 5.74) is 6.44. The Kier molecular flexibility index (Phi) is 7.77. The van der Waals surface area contributed by atoms with Crippen molar-refractivity contribution in [3.63, 3.8) is 0 Å². The number of nitrogens with one attached hydrogen (secondary N) is 1. The Bertz CT molecular complexity index is 1290. The number of fused-ring (bicyclic) bond motifs is 3. The van der Waals surface area contributed by atoms with Crippen LogP contribution in [0.4, 0.5) is 0 Å². The van der Waals surface area contributed by atoms with Gasteiger partial charge in [0.25, 0.3) is 0 Å². The van der Waals surface area contributed by atoms with E-state index < -0.39 is 0 Å². The standard InChI is InChI=1S/C30H35ClN2O4/c1-4-37-30(34)28-27(20-9-8-10-21(31)15-20)24(18-32-22-11-6-5-7-12-22)33-14-13-19-16-25(35-2)26(36-3)17-23(19)29(28)33/h8-10,15-17,22,32H,4-7,11-14,18H2,1-3H3. The third kappa shape index (κ3) is 4.97. The van der Waals surface area contributed by atoms with Crippen molar-refractivity contribution in [2.45, 2.75) is 64.6 Å². The molecule has 7 heteroatoms. The van der Waals surface area contributed by atoms with Crippen LogP contribution in [0.3, 0.4) is 0 Å². The number of carbonyl (C=O) groups is 1. The van der Waals surface area contributed by atoms with E-state index in [2.05, 4.69) is 9.88 Å². The summed E-state index contributed by atoms with van der Waals surface area (Å²) >= 11 is 6.45. The highest BCUT2D eigenvalue weighted by molar-refractivity contribution is 6.31. The monoisotopic (exact) mass is 522 g/mol. The fraction of sp³-hybridized carbons (Fsp3) is 0.433. The van der Waals surface area contributed by atoms with Crippen molar-refractivity contribution in [2.24, 2.45) is 0 Å². The summed E-state index contributed by atoms with van der Waals surface area (Å²) in [4.78, 5) is 13.7. The minimum atomic E-state index is -0.326. The number of aryl methyl sites for hydroxylation is 1. The van der Waals surface area contributed by atoms with Gasteiger partial charge in [0, 0.05) is 41.0 Å². The van der Waals surface area contributed by atoms with E-state index in [-0.39, 0.29) is 5.97 Å². The number of hydrogen-bond donors (Lipinski definition) is 1. The van der Waals surface area contributed by atoms with Crippen LogP contribution >= 0.6 is 11.6 Å². The van der Waals surface area contributed by atoms with Gasteiger partial charge in [0.05, 0.1) is 32.1 Å². The quantitative estimate of drug-likeness (QED) is 0.336. The Hall–Kier alpha value is -2.96. The van der Waals surface area contributed by atoms with Crippen LogP contribution in [0, 0.1) is 0 Å². The summed E-state index contributed by atoms with van der Waals surface area (Å²) in [6, 6.07) is 12.3. The Labute approximate surface area is 223 Å². The van der Waals surface area contributed by atoms with Gasteiger partial charge in [0.1, 0.15) is 0 Å². The van der Waals surface area contributed by atoms with Crippen LogP contribution in [-0.2, 0) is 24.2 Å². The zero-order valence-corrected chi connectivity index (χ0v) is 22.6. The first-order chi connectivity index (χ1) is 18.0. The minimum Gasteiger partial charge on any atom is -0.493 e. The molecule has 2 aliphatic rings. The third-order valence-electron chi connectivity index (χ3n) is 7.60. The number of esters is 1. The fourth-order valence-electron chi connectivity index (χ4n) is 5.86. The fourth-order valence-corrected chi connectivity index (χ4v) is 6.05. The minimum absolute atomic E-state index is 0.298. The Balaban J connectivity index is 1.74. The third-order valence-corrected chi connectivity index (χ3v) is 7.83. The maximum Gasteiger partial charge on any atom is 0.340 e. The molecule has 196 valence electrons. The van der Waals surface area contributed by atoms with E-state index in [1.165, 1.54) is 32.1 Å². The first-order valence-corrected chi connectivity index (χ1v) is 13.6. The highest BCUT2D eigenvalue weighted by atomic mass is 35.5. The number of hydrogen-bond acceptors (Lipinski definition) is 5. The first-order valence-electron chi connectivity index (χ1n) is 13.2. The van der Waals surface area contributed by atoms with Crippen LogP contribution in [0.2, 0.25) is 5.02 Å². The van der Waals surface area contributed by atoms with Gasteiger partial charge in [-0.15, -0.1) is 0 Å². The normalized spacial score (nSPS) is 15.1. The van der Waals surface area contributed by atoms with E-state index in [4.69, 9.17) is 25.8 Å².